The minimum absolute atomic E-state index is 0.475. The number of anilines is 2. The van der Waals surface area contributed by atoms with E-state index in [1.54, 1.807) is 0 Å². The van der Waals surface area contributed by atoms with Crippen LogP contribution in [0, 0.1) is 0 Å². The third kappa shape index (κ3) is 3.33. The Morgan fingerprint density at radius 3 is 1.69 bits per heavy atom. The number of nitrogens with zero attached hydrogens (tertiary/aromatic N) is 5. The molecule has 0 saturated heterocycles. The maximum atomic E-state index is 4.83. The average molecular weight is 481 g/mol. The Morgan fingerprint density at radius 2 is 1.12 bits per heavy atom. The van der Waals surface area contributed by atoms with Crippen LogP contribution in [0.25, 0.3) is 33.7 Å². The number of nitrogens with one attached hydrogen (secondary N) is 1. The van der Waals surface area contributed by atoms with Crippen molar-refractivity contribution in [2.75, 3.05) is 5.32 Å². The summed E-state index contributed by atoms with van der Waals surface area (Å²) in [5.74, 6) is 1.57. The van der Waals surface area contributed by atoms with Gasteiger partial charge in [-0.3, -0.25) is 9.13 Å². The van der Waals surface area contributed by atoms with Gasteiger partial charge in [-0.1, -0.05) is 52.3 Å². The Bertz CT molecular complexity index is 1470. The van der Waals surface area contributed by atoms with E-state index in [0.717, 1.165) is 32.0 Å². The molecular weight excluding hydrogens is 464 g/mol. The van der Waals surface area contributed by atoms with Gasteiger partial charge in [-0.2, -0.15) is 15.0 Å². The number of aromatic nitrogens is 5. The Labute approximate surface area is 192 Å². The zero-order valence-corrected chi connectivity index (χ0v) is 18.4. The summed E-state index contributed by atoms with van der Waals surface area (Å²) in [5, 5.41) is 5.58. The molecule has 3 aromatic carbocycles. The van der Waals surface area contributed by atoms with Gasteiger partial charge in [-0.25, -0.2) is 0 Å². The molecule has 0 aliphatic carbocycles. The maximum Gasteiger partial charge on any atom is 0.240 e. The van der Waals surface area contributed by atoms with Crippen molar-refractivity contribution >= 4 is 49.4 Å². The van der Waals surface area contributed by atoms with E-state index < -0.39 is 0 Å². The molecule has 32 heavy (non-hydrogen) atoms. The molecule has 3 aromatic heterocycles. The number of fused-ring (bicyclic) bond motifs is 2. The number of rotatable bonds is 4. The lowest BCUT2D eigenvalue weighted by molar-refractivity contribution is 0.871. The average Bonchev–Trinajstić information content (AvgIpc) is 3.45. The first kappa shape index (κ1) is 18.8. The van der Waals surface area contributed by atoms with E-state index in [1.165, 1.54) is 0 Å². The van der Waals surface area contributed by atoms with E-state index >= 15 is 0 Å². The van der Waals surface area contributed by atoms with Crippen molar-refractivity contribution < 1.29 is 0 Å². The Balaban J connectivity index is 1.54. The molecular formula is C25H17BrN6. The van der Waals surface area contributed by atoms with E-state index in [2.05, 4.69) is 57.6 Å². The van der Waals surface area contributed by atoms with E-state index in [-0.39, 0.29) is 0 Å². The van der Waals surface area contributed by atoms with Gasteiger partial charge in [0.05, 0.1) is 11.0 Å². The van der Waals surface area contributed by atoms with Crippen molar-refractivity contribution in [1.29, 1.82) is 0 Å². The van der Waals surface area contributed by atoms with Crippen LogP contribution in [0.1, 0.15) is 0 Å². The van der Waals surface area contributed by atoms with Crippen LogP contribution in [0.3, 0.4) is 0 Å². The van der Waals surface area contributed by atoms with Crippen LogP contribution < -0.4 is 5.32 Å². The second-order valence-electron chi connectivity index (χ2n) is 7.38. The van der Waals surface area contributed by atoms with Crippen LogP contribution in [0.15, 0.2) is 102 Å². The van der Waals surface area contributed by atoms with Crippen molar-refractivity contribution in [3.63, 3.8) is 0 Å². The fraction of sp³-hybridized carbons (Fsp3) is 0. The Hall–Kier alpha value is -3.97. The quantitative estimate of drug-likeness (QED) is 0.323. The molecule has 0 radical (unpaired) electrons. The molecule has 0 amide bonds. The first-order valence-corrected chi connectivity index (χ1v) is 11.0. The van der Waals surface area contributed by atoms with Crippen LogP contribution in [-0.4, -0.2) is 24.1 Å². The summed E-state index contributed by atoms with van der Waals surface area (Å²) in [6, 6.07) is 28.4. The number of para-hydroxylation sites is 2. The lowest BCUT2D eigenvalue weighted by Crippen LogP contribution is -2.10. The van der Waals surface area contributed by atoms with Crippen LogP contribution in [0.5, 0.6) is 0 Å². The van der Waals surface area contributed by atoms with Gasteiger partial charge in [0.15, 0.2) is 0 Å². The predicted octanol–water partition coefficient (Wildman–Crippen LogP) is 6.27. The van der Waals surface area contributed by atoms with Crippen molar-refractivity contribution in [2.45, 2.75) is 0 Å². The zero-order chi connectivity index (χ0) is 21.5. The van der Waals surface area contributed by atoms with Crippen LogP contribution in [-0.2, 0) is 0 Å². The summed E-state index contributed by atoms with van der Waals surface area (Å²) in [7, 11) is 0. The molecule has 0 bridgehead atoms. The topological polar surface area (TPSA) is 60.6 Å². The van der Waals surface area contributed by atoms with Gasteiger partial charge < -0.3 is 5.32 Å². The Kier molecular flexibility index (Phi) is 4.47. The van der Waals surface area contributed by atoms with Crippen molar-refractivity contribution in [2.24, 2.45) is 0 Å². The van der Waals surface area contributed by atoms with E-state index in [9.17, 15) is 0 Å². The van der Waals surface area contributed by atoms with Crippen molar-refractivity contribution in [3.8, 4) is 11.9 Å². The van der Waals surface area contributed by atoms with Crippen LogP contribution >= 0.6 is 15.9 Å². The highest BCUT2D eigenvalue weighted by Crippen LogP contribution is 2.24. The molecule has 0 unspecified atom stereocenters. The summed E-state index contributed by atoms with van der Waals surface area (Å²) in [6.07, 6.45) is 3.97. The molecule has 7 heteroatoms. The monoisotopic (exact) mass is 480 g/mol. The van der Waals surface area contributed by atoms with E-state index in [4.69, 9.17) is 15.0 Å². The summed E-state index contributed by atoms with van der Waals surface area (Å²) >= 11 is 3.48. The zero-order valence-electron chi connectivity index (χ0n) is 16.9. The fourth-order valence-corrected chi connectivity index (χ4v) is 4.07. The third-order valence-corrected chi connectivity index (χ3v) is 5.87. The molecule has 6 aromatic rings. The van der Waals surface area contributed by atoms with Gasteiger partial charge in [0.2, 0.25) is 17.8 Å². The molecule has 0 atom stereocenters. The molecule has 6 nitrogen and oxygen atoms in total. The fourth-order valence-electron chi connectivity index (χ4n) is 3.80. The smallest absolute Gasteiger partial charge is 0.240 e. The molecule has 3 heterocycles. The molecule has 1 N–H and O–H groups in total. The minimum atomic E-state index is 0.475. The number of halogens is 1. The lowest BCUT2D eigenvalue weighted by atomic mass is 10.2. The normalized spacial score (nSPS) is 11.3. The maximum absolute atomic E-state index is 4.83. The predicted molar refractivity (Wildman–Crippen MR) is 131 cm³/mol. The summed E-state index contributed by atoms with van der Waals surface area (Å²) in [4.78, 5) is 14.3. The van der Waals surface area contributed by atoms with Crippen molar-refractivity contribution in [3.05, 3.63) is 102 Å². The van der Waals surface area contributed by atoms with Gasteiger partial charge in [-0.05, 0) is 48.5 Å². The second-order valence-corrected chi connectivity index (χ2v) is 8.30. The standard InChI is InChI=1S/C25H17BrN6/c26-19-9-11-20(12-10-19)27-23-28-24(31-15-13-17-5-1-3-7-21(17)31)30-25(29-23)32-16-14-18-6-2-4-8-22(18)32/h1-16H,(H,27,28,29,30). The largest absolute Gasteiger partial charge is 0.324 e. The van der Waals surface area contributed by atoms with Gasteiger partial charge >= 0.3 is 0 Å². The second kappa shape index (κ2) is 7.62. The molecule has 6 rings (SSSR count). The van der Waals surface area contributed by atoms with Gasteiger partial charge in [0, 0.05) is 33.3 Å². The van der Waals surface area contributed by atoms with E-state index in [0.29, 0.717) is 17.8 Å². The molecule has 0 saturated carbocycles. The van der Waals surface area contributed by atoms with Gasteiger partial charge in [0.1, 0.15) is 0 Å². The summed E-state index contributed by atoms with van der Waals surface area (Å²) in [6.45, 7) is 0. The lowest BCUT2D eigenvalue weighted by Gasteiger charge is -2.11. The van der Waals surface area contributed by atoms with Crippen LogP contribution in [0.2, 0.25) is 0 Å². The van der Waals surface area contributed by atoms with Gasteiger partial charge in [0.25, 0.3) is 0 Å². The molecule has 0 aliphatic rings. The highest BCUT2D eigenvalue weighted by atomic mass is 79.9. The molecule has 0 fully saturated rings. The SMILES string of the molecule is Brc1ccc(Nc2nc(-n3ccc4ccccc43)nc(-n3ccc4ccccc43)n2)cc1. The third-order valence-electron chi connectivity index (χ3n) is 5.34. The van der Waals surface area contributed by atoms with Crippen molar-refractivity contribution in [1.82, 2.24) is 24.1 Å². The molecule has 154 valence electrons. The molecule has 0 aliphatic heterocycles. The van der Waals surface area contributed by atoms with E-state index in [1.807, 2.05) is 70.1 Å². The number of benzene rings is 3. The summed E-state index contributed by atoms with van der Waals surface area (Å²) < 4.78 is 4.98. The first-order valence-electron chi connectivity index (χ1n) is 10.2. The highest BCUT2D eigenvalue weighted by molar-refractivity contribution is 9.10. The highest BCUT2D eigenvalue weighted by Gasteiger charge is 2.14. The molecule has 0 spiro atoms. The first-order chi connectivity index (χ1) is 15.7. The van der Waals surface area contributed by atoms with Gasteiger partial charge in [-0.15, -0.1) is 0 Å². The van der Waals surface area contributed by atoms with Crippen LogP contribution in [0.4, 0.5) is 11.6 Å². The summed E-state index contributed by atoms with van der Waals surface area (Å²) in [5.41, 5.74) is 2.97. The number of hydrogen-bond donors (Lipinski definition) is 1. The number of hydrogen-bond acceptors (Lipinski definition) is 4. The minimum Gasteiger partial charge on any atom is -0.324 e. The Morgan fingerprint density at radius 1 is 0.594 bits per heavy atom.